The lowest BCUT2D eigenvalue weighted by Gasteiger charge is -2.23. The van der Waals surface area contributed by atoms with Gasteiger partial charge < -0.3 is 15.5 Å². The van der Waals surface area contributed by atoms with Crippen molar-refractivity contribution in [2.24, 2.45) is 0 Å². The first-order valence-electron chi connectivity index (χ1n) is 7.79. The van der Waals surface area contributed by atoms with Gasteiger partial charge in [-0.1, -0.05) is 19.3 Å². The Morgan fingerprint density at radius 2 is 2.05 bits per heavy atom. The molecule has 0 aromatic carbocycles. The molecule has 1 aromatic heterocycles. The van der Waals surface area contributed by atoms with Gasteiger partial charge in [0.1, 0.15) is 0 Å². The van der Waals surface area contributed by atoms with Crippen LogP contribution in [0.15, 0.2) is 18.5 Å². The van der Waals surface area contributed by atoms with Crippen LogP contribution in [0.3, 0.4) is 0 Å². The lowest BCUT2D eigenvalue weighted by atomic mass is 9.95. The second kappa shape index (κ2) is 7.98. The third-order valence-corrected chi connectivity index (χ3v) is 3.82. The zero-order chi connectivity index (χ0) is 15.1. The van der Waals surface area contributed by atoms with E-state index in [2.05, 4.69) is 15.6 Å². The maximum atomic E-state index is 12.1. The second-order valence-electron chi connectivity index (χ2n) is 6.00. The number of aromatic nitrogens is 1. The fraction of sp³-hybridized carbons (Fsp3) is 0.625. The van der Waals surface area contributed by atoms with Crippen molar-refractivity contribution in [1.82, 2.24) is 15.2 Å². The normalized spacial score (nSPS) is 16.0. The van der Waals surface area contributed by atoms with Crippen molar-refractivity contribution in [2.75, 3.05) is 32.5 Å². The highest BCUT2D eigenvalue weighted by Crippen LogP contribution is 2.21. The van der Waals surface area contributed by atoms with Crippen LogP contribution in [0.25, 0.3) is 0 Å². The minimum atomic E-state index is -0.0587. The molecule has 1 saturated carbocycles. The molecule has 1 aromatic rings. The second-order valence-corrected chi connectivity index (χ2v) is 6.00. The number of hydrogen-bond acceptors (Lipinski definition) is 4. The average Bonchev–Trinajstić information content (AvgIpc) is 2.48. The number of carbonyl (C=O) groups is 1. The number of nitrogens with one attached hydrogen (secondary N) is 2. The molecule has 21 heavy (non-hydrogen) atoms. The Hall–Kier alpha value is -1.62. The third-order valence-electron chi connectivity index (χ3n) is 3.82. The minimum Gasteiger partial charge on any atom is -0.381 e. The van der Waals surface area contributed by atoms with Crippen LogP contribution in [-0.4, -0.2) is 49.0 Å². The van der Waals surface area contributed by atoms with Crippen LogP contribution in [0, 0.1) is 0 Å². The molecule has 0 bridgehead atoms. The van der Waals surface area contributed by atoms with Gasteiger partial charge in [-0.2, -0.15) is 0 Å². The quantitative estimate of drug-likeness (QED) is 0.842. The summed E-state index contributed by atoms with van der Waals surface area (Å²) in [6.07, 6.45) is 9.75. The van der Waals surface area contributed by atoms with Gasteiger partial charge in [0.2, 0.25) is 0 Å². The molecule has 1 fully saturated rings. The van der Waals surface area contributed by atoms with Crippen LogP contribution >= 0.6 is 0 Å². The van der Waals surface area contributed by atoms with Crippen LogP contribution < -0.4 is 10.6 Å². The Bertz CT molecular complexity index is 455. The summed E-state index contributed by atoms with van der Waals surface area (Å²) in [5.74, 6) is -0.0587. The van der Waals surface area contributed by atoms with Crippen molar-refractivity contribution < 1.29 is 4.79 Å². The average molecular weight is 290 g/mol. The number of likely N-dealkylation sites (N-methyl/N-ethyl adjacent to an activating group) is 1. The molecule has 1 aliphatic carbocycles. The Balaban J connectivity index is 1.88. The van der Waals surface area contributed by atoms with Gasteiger partial charge in [-0.25, -0.2) is 0 Å². The highest BCUT2D eigenvalue weighted by Gasteiger charge is 2.14. The molecule has 2 N–H and O–H groups in total. The number of pyridine rings is 1. The summed E-state index contributed by atoms with van der Waals surface area (Å²) >= 11 is 0. The first kappa shape index (κ1) is 15.8. The van der Waals surface area contributed by atoms with Crippen molar-refractivity contribution in [3.63, 3.8) is 0 Å². The van der Waals surface area contributed by atoms with Crippen LogP contribution in [0.4, 0.5) is 5.69 Å². The van der Waals surface area contributed by atoms with E-state index in [1.807, 2.05) is 25.1 Å². The van der Waals surface area contributed by atoms with Gasteiger partial charge in [0.15, 0.2) is 0 Å². The first-order chi connectivity index (χ1) is 10.1. The van der Waals surface area contributed by atoms with Gasteiger partial charge in [0.05, 0.1) is 11.3 Å². The van der Waals surface area contributed by atoms with Gasteiger partial charge in [-0.3, -0.25) is 9.78 Å². The predicted octanol–water partition coefficient (Wildman–Crippen LogP) is 2.12. The minimum absolute atomic E-state index is 0.0587. The molecule has 0 atom stereocenters. The summed E-state index contributed by atoms with van der Waals surface area (Å²) in [5, 5.41) is 6.41. The molecule has 1 aliphatic rings. The number of hydrogen-bond donors (Lipinski definition) is 2. The summed E-state index contributed by atoms with van der Waals surface area (Å²) in [5.41, 5.74) is 1.57. The van der Waals surface area contributed by atoms with Crippen molar-refractivity contribution in [3.05, 3.63) is 24.0 Å². The zero-order valence-electron chi connectivity index (χ0n) is 13.1. The molecule has 5 heteroatoms. The van der Waals surface area contributed by atoms with Crippen molar-refractivity contribution in [1.29, 1.82) is 0 Å². The molecule has 0 unspecified atom stereocenters. The highest BCUT2D eigenvalue weighted by atomic mass is 16.1. The van der Waals surface area contributed by atoms with E-state index in [4.69, 9.17) is 0 Å². The molecule has 1 amide bonds. The number of rotatable bonds is 6. The topological polar surface area (TPSA) is 57.3 Å². The predicted molar refractivity (Wildman–Crippen MR) is 85.6 cm³/mol. The molecule has 5 nitrogen and oxygen atoms in total. The summed E-state index contributed by atoms with van der Waals surface area (Å²) in [6.45, 7) is 1.48. The number of amides is 1. The number of nitrogens with zero attached hydrogens (tertiary/aromatic N) is 2. The number of carbonyl (C=O) groups excluding carboxylic acids is 1. The van der Waals surface area contributed by atoms with E-state index >= 15 is 0 Å². The summed E-state index contributed by atoms with van der Waals surface area (Å²) < 4.78 is 0. The monoisotopic (exact) mass is 290 g/mol. The molecule has 0 aliphatic heterocycles. The number of anilines is 1. The van der Waals surface area contributed by atoms with Crippen molar-refractivity contribution >= 4 is 11.6 Å². The Labute approximate surface area is 127 Å². The molecule has 2 rings (SSSR count). The van der Waals surface area contributed by atoms with Crippen molar-refractivity contribution in [2.45, 2.75) is 38.1 Å². The summed E-state index contributed by atoms with van der Waals surface area (Å²) in [7, 11) is 3.98. The van der Waals surface area contributed by atoms with Crippen LogP contribution in [-0.2, 0) is 0 Å². The van der Waals surface area contributed by atoms with E-state index in [0.29, 0.717) is 18.2 Å². The third kappa shape index (κ3) is 5.34. The van der Waals surface area contributed by atoms with Gasteiger partial charge in [0.25, 0.3) is 5.91 Å². The lowest BCUT2D eigenvalue weighted by Crippen LogP contribution is -2.31. The van der Waals surface area contributed by atoms with Gasteiger partial charge in [-0.15, -0.1) is 0 Å². The zero-order valence-corrected chi connectivity index (χ0v) is 13.1. The standard InChI is InChI=1S/C16H26N4O/c1-20(2)9-8-18-16(21)13-10-15(12-17-11-13)19-14-6-4-3-5-7-14/h10-12,14,19H,3-9H2,1-2H3,(H,18,21). The smallest absolute Gasteiger partial charge is 0.252 e. The highest BCUT2D eigenvalue weighted by molar-refractivity contribution is 5.94. The maximum Gasteiger partial charge on any atom is 0.252 e. The summed E-state index contributed by atoms with van der Waals surface area (Å²) in [4.78, 5) is 18.3. The largest absolute Gasteiger partial charge is 0.381 e. The van der Waals surface area contributed by atoms with Crippen LogP contribution in [0.5, 0.6) is 0 Å². The van der Waals surface area contributed by atoms with Crippen LogP contribution in [0.2, 0.25) is 0 Å². The molecule has 116 valence electrons. The molecule has 0 radical (unpaired) electrons. The SMILES string of the molecule is CN(C)CCNC(=O)c1cncc(NC2CCCCC2)c1. The van der Waals surface area contributed by atoms with E-state index in [9.17, 15) is 4.79 Å². The molecule has 0 saturated heterocycles. The molecular weight excluding hydrogens is 264 g/mol. The Kier molecular flexibility index (Phi) is 5.99. The molecule has 0 spiro atoms. The maximum absolute atomic E-state index is 12.1. The van der Waals surface area contributed by atoms with E-state index in [-0.39, 0.29) is 5.91 Å². The van der Waals surface area contributed by atoms with Gasteiger partial charge >= 0.3 is 0 Å². The van der Waals surface area contributed by atoms with Crippen molar-refractivity contribution in [3.8, 4) is 0 Å². The van der Waals surface area contributed by atoms with Crippen LogP contribution in [0.1, 0.15) is 42.5 Å². The van der Waals surface area contributed by atoms with E-state index in [1.54, 1.807) is 12.4 Å². The van der Waals surface area contributed by atoms with E-state index < -0.39 is 0 Å². The van der Waals surface area contributed by atoms with E-state index in [1.165, 1.54) is 32.1 Å². The summed E-state index contributed by atoms with van der Waals surface area (Å²) in [6, 6.07) is 2.42. The Morgan fingerprint density at radius 3 is 2.76 bits per heavy atom. The molecule has 1 heterocycles. The van der Waals surface area contributed by atoms with Gasteiger partial charge in [-0.05, 0) is 33.0 Å². The first-order valence-corrected chi connectivity index (χ1v) is 7.79. The Morgan fingerprint density at radius 1 is 1.29 bits per heavy atom. The lowest BCUT2D eigenvalue weighted by molar-refractivity contribution is 0.0950. The fourth-order valence-electron chi connectivity index (χ4n) is 2.62. The van der Waals surface area contributed by atoms with E-state index in [0.717, 1.165) is 12.2 Å². The molecular formula is C16H26N4O. The fourth-order valence-corrected chi connectivity index (χ4v) is 2.62. The van der Waals surface area contributed by atoms with Gasteiger partial charge in [0, 0.05) is 31.5 Å².